The molecule has 0 radical (unpaired) electrons. The summed E-state index contributed by atoms with van der Waals surface area (Å²) in [7, 11) is 0. The summed E-state index contributed by atoms with van der Waals surface area (Å²) in [6, 6.07) is 4.58. The maximum atomic E-state index is 12.8. The highest BCUT2D eigenvalue weighted by Crippen LogP contribution is 2.31. The monoisotopic (exact) mass is 409 g/mol. The average Bonchev–Trinajstić information content (AvgIpc) is 3.39. The van der Waals surface area contributed by atoms with Crippen LogP contribution in [0.4, 0.5) is 13.2 Å². The molecule has 29 heavy (non-hydrogen) atoms. The number of halogens is 3. The predicted octanol–water partition coefficient (Wildman–Crippen LogP) is 3.44. The molecule has 2 aliphatic rings. The van der Waals surface area contributed by atoms with Gasteiger partial charge in [-0.05, 0) is 37.0 Å². The van der Waals surface area contributed by atoms with Crippen LogP contribution in [0.15, 0.2) is 34.9 Å². The first-order valence-corrected chi connectivity index (χ1v) is 9.64. The minimum absolute atomic E-state index is 0.0534. The Morgan fingerprint density at radius 2 is 1.97 bits per heavy atom. The van der Waals surface area contributed by atoms with E-state index in [0.717, 1.165) is 37.7 Å². The zero-order valence-electron chi connectivity index (χ0n) is 15.8. The van der Waals surface area contributed by atoms with Crippen LogP contribution in [0.5, 0.6) is 5.75 Å². The number of carbonyl (C=O) groups is 1. The fraction of sp³-hybridized carbons (Fsp3) is 0.500. The van der Waals surface area contributed by atoms with E-state index in [0.29, 0.717) is 13.1 Å². The van der Waals surface area contributed by atoms with Gasteiger partial charge in [-0.1, -0.05) is 6.07 Å². The highest BCUT2D eigenvalue weighted by molar-refractivity contribution is 5.92. The van der Waals surface area contributed by atoms with E-state index < -0.39 is 11.7 Å². The molecule has 1 aliphatic carbocycles. The first-order chi connectivity index (χ1) is 13.9. The topological polar surface area (TPSA) is 58.8 Å². The number of alkyl halides is 3. The van der Waals surface area contributed by atoms with Gasteiger partial charge in [-0.2, -0.15) is 13.2 Å². The molecule has 0 unspecified atom stereocenters. The van der Waals surface area contributed by atoms with Crippen LogP contribution in [0.1, 0.15) is 34.8 Å². The number of hydrogen-bond donors (Lipinski definition) is 0. The lowest BCUT2D eigenvalue weighted by atomic mass is 10.2. The summed E-state index contributed by atoms with van der Waals surface area (Å²) in [5, 5.41) is 0. The van der Waals surface area contributed by atoms with Crippen molar-refractivity contribution in [3.05, 3.63) is 47.7 Å². The Labute approximate surface area is 166 Å². The second kappa shape index (κ2) is 8.06. The third-order valence-corrected chi connectivity index (χ3v) is 5.17. The number of benzene rings is 1. The molecule has 1 saturated heterocycles. The molecule has 0 spiro atoms. The second-order valence-corrected chi connectivity index (χ2v) is 7.48. The van der Waals surface area contributed by atoms with Crippen molar-refractivity contribution < 1.29 is 27.1 Å². The summed E-state index contributed by atoms with van der Waals surface area (Å²) < 4.78 is 48.9. The molecule has 6 nitrogen and oxygen atoms in total. The van der Waals surface area contributed by atoms with Crippen LogP contribution in [-0.4, -0.2) is 53.4 Å². The summed E-state index contributed by atoms with van der Waals surface area (Å²) in [5.74, 6) is 0.813. The highest BCUT2D eigenvalue weighted by atomic mass is 19.4. The van der Waals surface area contributed by atoms with E-state index in [1.165, 1.54) is 31.2 Å². The molecule has 1 aromatic heterocycles. The summed E-state index contributed by atoms with van der Waals surface area (Å²) >= 11 is 0. The first kappa shape index (κ1) is 19.8. The standard InChI is InChI=1S/C20H22F3N3O3/c21-20(22,23)15-2-1-3-16(10-15)28-13-18-24-17(12-29-18)19(27)26-8-6-25(7-9-26)11-14-4-5-14/h1-3,10,12,14H,4-9,11,13H2. The van der Waals surface area contributed by atoms with Gasteiger partial charge in [-0.3, -0.25) is 9.69 Å². The molecule has 9 heteroatoms. The number of oxazole rings is 1. The minimum atomic E-state index is -4.44. The average molecular weight is 409 g/mol. The van der Waals surface area contributed by atoms with Crippen LogP contribution in [0.2, 0.25) is 0 Å². The minimum Gasteiger partial charge on any atom is -0.484 e. The lowest BCUT2D eigenvalue weighted by Crippen LogP contribution is -2.49. The fourth-order valence-electron chi connectivity index (χ4n) is 3.34. The SMILES string of the molecule is O=C(c1coc(COc2cccc(C(F)(F)F)c2)n1)N1CCN(CC2CC2)CC1. The highest BCUT2D eigenvalue weighted by Gasteiger charge is 2.31. The van der Waals surface area contributed by atoms with Gasteiger partial charge in [-0.25, -0.2) is 4.98 Å². The third kappa shape index (κ3) is 5.09. The van der Waals surface area contributed by atoms with Crippen LogP contribution >= 0.6 is 0 Å². The smallest absolute Gasteiger partial charge is 0.416 e. The van der Waals surface area contributed by atoms with Crippen molar-refractivity contribution in [3.63, 3.8) is 0 Å². The van der Waals surface area contributed by atoms with Gasteiger partial charge in [0.25, 0.3) is 5.91 Å². The van der Waals surface area contributed by atoms with E-state index in [2.05, 4.69) is 9.88 Å². The van der Waals surface area contributed by atoms with Crippen LogP contribution in [0, 0.1) is 5.92 Å². The Morgan fingerprint density at radius 3 is 2.66 bits per heavy atom. The molecule has 156 valence electrons. The van der Waals surface area contributed by atoms with E-state index in [9.17, 15) is 18.0 Å². The lowest BCUT2D eigenvalue weighted by molar-refractivity contribution is -0.137. The number of rotatable bonds is 6. The van der Waals surface area contributed by atoms with Gasteiger partial charge in [0.15, 0.2) is 12.3 Å². The van der Waals surface area contributed by atoms with Crippen molar-refractivity contribution in [1.82, 2.24) is 14.8 Å². The summed E-state index contributed by atoms with van der Waals surface area (Å²) in [6.45, 7) is 3.95. The van der Waals surface area contributed by atoms with Crippen molar-refractivity contribution in [2.75, 3.05) is 32.7 Å². The lowest BCUT2D eigenvalue weighted by Gasteiger charge is -2.34. The first-order valence-electron chi connectivity index (χ1n) is 9.64. The molecule has 1 aromatic carbocycles. The van der Waals surface area contributed by atoms with E-state index in [1.54, 1.807) is 4.90 Å². The van der Waals surface area contributed by atoms with E-state index in [1.807, 2.05) is 0 Å². The van der Waals surface area contributed by atoms with E-state index in [-0.39, 0.29) is 29.8 Å². The summed E-state index contributed by atoms with van der Waals surface area (Å²) in [4.78, 5) is 20.9. The van der Waals surface area contributed by atoms with Crippen molar-refractivity contribution in [1.29, 1.82) is 0 Å². The van der Waals surface area contributed by atoms with Gasteiger partial charge in [0.2, 0.25) is 5.89 Å². The molecular weight excluding hydrogens is 387 g/mol. The van der Waals surface area contributed by atoms with Gasteiger partial charge in [0.05, 0.1) is 5.56 Å². The van der Waals surface area contributed by atoms with E-state index in [4.69, 9.17) is 9.15 Å². The maximum absolute atomic E-state index is 12.8. The summed E-state index contributed by atoms with van der Waals surface area (Å²) in [5.41, 5.74) is -0.609. The molecule has 2 fully saturated rings. The zero-order valence-corrected chi connectivity index (χ0v) is 15.8. The molecule has 0 bridgehead atoms. The van der Waals surface area contributed by atoms with Crippen molar-refractivity contribution in [2.24, 2.45) is 5.92 Å². The van der Waals surface area contributed by atoms with Crippen molar-refractivity contribution in [2.45, 2.75) is 25.6 Å². The van der Waals surface area contributed by atoms with Crippen LogP contribution in [0.3, 0.4) is 0 Å². The number of carbonyl (C=O) groups excluding carboxylic acids is 1. The Balaban J connectivity index is 1.30. The Hall–Kier alpha value is -2.55. The molecule has 4 rings (SSSR count). The normalized spacial score (nSPS) is 18.1. The van der Waals surface area contributed by atoms with Gasteiger partial charge < -0.3 is 14.1 Å². The molecule has 2 heterocycles. The quantitative estimate of drug-likeness (QED) is 0.732. The Kier molecular flexibility index (Phi) is 5.49. The Bertz CT molecular complexity index is 856. The molecule has 0 N–H and O–H groups in total. The van der Waals surface area contributed by atoms with Gasteiger partial charge >= 0.3 is 6.18 Å². The number of hydrogen-bond acceptors (Lipinski definition) is 5. The number of ether oxygens (including phenoxy) is 1. The van der Waals surface area contributed by atoms with Gasteiger partial charge in [-0.15, -0.1) is 0 Å². The van der Waals surface area contributed by atoms with E-state index >= 15 is 0 Å². The van der Waals surface area contributed by atoms with Crippen molar-refractivity contribution in [3.8, 4) is 5.75 Å². The molecule has 1 aliphatic heterocycles. The Morgan fingerprint density at radius 1 is 1.21 bits per heavy atom. The zero-order chi connectivity index (χ0) is 20.4. The fourth-order valence-corrected chi connectivity index (χ4v) is 3.34. The number of nitrogens with zero attached hydrogens (tertiary/aromatic N) is 3. The third-order valence-electron chi connectivity index (χ3n) is 5.17. The molecular formula is C20H22F3N3O3. The largest absolute Gasteiger partial charge is 0.484 e. The summed E-state index contributed by atoms with van der Waals surface area (Å²) in [6.07, 6.45) is -0.554. The maximum Gasteiger partial charge on any atom is 0.416 e. The van der Waals surface area contributed by atoms with Crippen LogP contribution in [0.25, 0.3) is 0 Å². The molecule has 2 aromatic rings. The molecule has 0 atom stereocenters. The van der Waals surface area contributed by atoms with Crippen LogP contribution < -0.4 is 4.74 Å². The molecule has 1 amide bonds. The van der Waals surface area contributed by atoms with Crippen LogP contribution in [-0.2, 0) is 12.8 Å². The predicted molar refractivity (Wildman–Crippen MR) is 97.3 cm³/mol. The number of amides is 1. The van der Waals surface area contributed by atoms with Gasteiger partial charge in [0.1, 0.15) is 12.0 Å². The van der Waals surface area contributed by atoms with Crippen molar-refractivity contribution >= 4 is 5.91 Å². The number of piperazine rings is 1. The second-order valence-electron chi connectivity index (χ2n) is 7.48. The number of aromatic nitrogens is 1. The molecule has 1 saturated carbocycles. The van der Waals surface area contributed by atoms with Gasteiger partial charge in [0, 0.05) is 32.7 Å².